The van der Waals surface area contributed by atoms with Crippen molar-refractivity contribution in [2.24, 2.45) is 0 Å². The number of rotatable bonds is 0. The molecule has 0 unspecified atom stereocenters. The molecule has 0 saturated carbocycles. The molecule has 0 aromatic carbocycles. The first-order chi connectivity index (χ1) is 5.20. The van der Waals surface area contributed by atoms with Gasteiger partial charge in [0.05, 0.1) is 0 Å². The maximum absolute atomic E-state index is 9.05. The lowest BCUT2D eigenvalue weighted by atomic mass is 10.5. The van der Waals surface area contributed by atoms with Gasteiger partial charge >= 0.3 is 0 Å². The van der Waals surface area contributed by atoms with Gasteiger partial charge in [-0.3, -0.25) is 0 Å². The summed E-state index contributed by atoms with van der Waals surface area (Å²) in [6.07, 6.45) is 1.37. The van der Waals surface area contributed by atoms with Crippen molar-refractivity contribution in [3.8, 4) is 5.88 Å². The van der Waals surface area contributed by atoms with Crippen molar-refractivity contribution in [1.82, 2.24) is 9.46 Å². The minimum Gasteiger partial charge on any atom is -0.492 e. The number of hydrogen-bond acceptors (Lipinski definition) is 3. The van der Waals surface area contributed by atoms with Crippen molar-refractivity contribution in [2.75, 3.05) is 0 Å². The Bertz CT molecular complexity index is 401. The molecular formula is C6H6N2O3. The van der Waals surface area contributed by atoms with Gasteiger partial charge in [0.1, 0.15) is 11.0 Å². The third kappa shape index (κ3) is 0.590. The van der Waals surface area contributed by atoms with Crippen LogP contribution in [0.4, 0.5) is 0 Å². The normalized spacial score (nSPS) is 10.9. The molecule has 5 heteroatoms. The molecule has 0 saturated heterocycles. The van der Waals surface area contributed by atoms with Crippen LogP contribution in [0.25, 0.3) is 11.0 Å². The minimum atomic E-state index is -0.293. The Balaban J connectivity index is 2.93. The van der Waals surface area contributed by atoms with Gasteiger partial charge in [-0.05, 0) is 6.07 Å². The number of aromatic nitrogens is 2. The highest BCUT2D eigenvalue weighted by Gasteiger charge is 2.09. The fourth-order valence-electron chi connectivity index (χ4n) is 1.05. The molecule has 0 amide bonds. The summed E-state index contributed by atoms with van der Waals surface area (Å²) in [6.45, 7) is 0. The summed E-state index contributed by atoms with van der Waals surface area (Å²) in [5, 5.41) is 27.0. The molecule has 2 aromatic heterocycles. The van der Waals surface area contributed by atoms with E-state index in [-0.39, 0.29) is 5.88 Å². The van der Waals surface area contributed by atoms with Gasteiger partial charge in [-0.1, -0.05) is 0 Å². The SMILES string of the molecule is Oc1cc2c(ccn2O)n1O. The van der Waals surface area contributed by atoms with Crippen molar-refractivity contribution < 1.29 is 15.5 Å². The largest absolute Gasteiger partial charge is 0.492 e. The summed E-state index contributed by atoms with van der Waals surface area (Å²) < 4.78 is 1.42. The van der Waals surface area contributed by atoms with Crippen molar-refractivity contribution in [3.05, 3.63) is 18.3 Å². The van der Waals surface area contributed by atoms with Gasteiger partial charge < -0.3 is 15.5 Å². The average molecular weight is 154 g/mol. The molecule has 58 valence electrons. The molecule has 0 fully saturated rings. The van der Waals surface area contributed by atoms with Crippen LogP contribution in [0.1, 0.15) is 0 Å². The number of nitrogens with zero attached hydrogens (tertiary/aromatic N) is 2. The van der Waals surface area contributed by atoms with Gasteiger partial charge in [-0.15, -0.1) is 0 Å². The molecule has 0 aliphatic rings. The summed E-state index contributed by atoms with van der Waals surface area (Å²) in [4.78, 5) is 0. The van der Waals surface area contributed by atoms with Crippen LogP contribution in [-0.2, 0) is 0 Å². The predicted octanol–water partition coefficient (Wildman–Crippen LogP) is 0.623. The molecule has 0 radical (unpaired) electrons. The minimum absolute atomic E-state index is 0.293. The van der Waals surface area contributed by atoms with E-state index in [0.29, 0.717) is 15.8 Å². The fraction of sp³-hybridized carbons (Fsp3) is 0. The summed E-state index contributed by atoms with van der Waals surface area (Å²) in [5.41, 5.74) is 0.731. The Labute approximate surface area is 61.2 Å². The molecule has 0 spiro atoms. The molecule has 0 aliphatic carbocycles. The number of fused-ring (bicyclic) bond motifs is 1. The van der Waals surface area contributed by atoms with E-state index < -0.39 is 0 Å². The van der Waals surface area contributed by atoms with E-state index in [9.17, 15) is 0 Å². The smallest absolute Gasteiger partial charge is 0.227 e. The topological polar surface area (TPSA) is 70.5 Å². The lowest BCUT2D eigenvalue weighted by Crippen LogP contribution is -1.85. The lowest BCUT2D eigenvalue weighted by Gasteiger charge is -1.90. The van der Waals surface area contributed by atoms with Gasteiger partial charge in [0, 0.05) is 12.3 Å². The predicted molar refractivity (Wildman–Crippen MR) is 36.0 cm³/mol. The van der Waals surface area contributed by atoms with Crippen LogP contribution in [0.3, 0.4) is 0 Å². The van der Waals surface area contributed by atoms with E-state index in [4.69, 9.17) is 15.5 Å². The van der Waals surface area contributed by atoms with E-state index >= 15 is 0 Å². The first kappa shape index (κ1) is 5.96. The molecule has 0 atom stereocenters. The summed E-state index contributed by atoms with van der Waals surface area (Å²) in [5.74, 6) is -0.293. The molecule has 5 nitrogen and oxygen atoms in total. The second kappa shape index (κ2) is 1.63. The van der Waals surface area contributed by atoms with Crippen LogP contribution >= 0.6 is 0 Å². The van der Waals surface area contributed by atoms with Gasteiger partial charge in [0.15, 0.2) is 0 Å². The zero-order valence-electron chi connectivity index (χ0n) is 5.47. The highest BCUT2D eigenvalue weighted by molar-refractivity contribution is 5.78. The second-order valence-electron chi connectivity index (χ2n) is 2.25. The van der Waals surface area contributed by atoms with Crippen LogP contribution in [0, 0.1) is 0 Å². The van der Waals surface area contributed by atoms with E-state index in [2.05, 4.69) is 0 Å². The molecule has 0 aliphatic heterocycles. The van der Waals surface area contributed by atoms with Gasteiger partial charge in [-0.2, -0.15) is 9.46 Å². The highest BCUT2D eigenvalue weighted by atomic mass is 16.5. The summed E-state index contributed by atoms with van der Waals surface area (Å²) >= 11 is 0. The Morgan fingerprint density at radius 1 is 1.18 bits per heavy atom. The Morgan fingerprint density at radius 3 is 2.55 bits per heavy atom. The Kier molecular flexibility index (Phi) is 0.883. The Hall–Kier alpha value is -1.78. The fourth-order valence-corrected chi connectivity index (χ4v) is 1.05. The van der Waals surface area contributed by atoms with Crippen molar-refractivity contribution in [3.63, 3.8) is 0 Å². The van der Waals surface area contributed by atoms with Crippen molar-refractivity contribution in [1.29, 1.82) is 0 Å². The average Bonchev–Trinajstić information content (AvgIpc) is 2.43. The van der Waals surface area contributed by atoms with Gasteiger partial charge in [0.2, 0.25) is 5.88 Å². The van der Waals surface area contributed by atoms with Crippen molar-refractivity contribution in [2.45, 2.75) is 0 Å². The maximum atomic E-state index is 9.05. The van der Waals surface area contributed by atoms with Gasteiger partial charge in [-0.25, -0.2) is 0 Å². The van der Waals surface area contributed by atoms with Crippen LogP contribution in [0.15, 0.2) is 18.3 Å². The molecule has 3 N–H and O–H groups in total. The number of aromatic hydroxyl groups is 1. The molecular weight excluding hydrogens is 148 g/mol. The first-order valence-electron chi connectivity index (χ1n) is 3.00. The van der Waals surface area contributed by atoms with E-state index in [1.54, 1.807) is 0 Å². The number of hydrogen-bond donors (Lipinski definition) is 3. The Morgan fingerprint density at radius 2 is 1.91 bits per heavy atom. The zero-order chi connectivity index (χ0) is 8.01. The summed E-state index contributed by atoms with van der Waals surface area (Å²) in [7, 11) is 0. The first-order valence-corrected chi connectivity index (χ1v) is 3.00. The third-order valence-electron chi connectivity index (χ3n) is 1.59. The summed E-state index contributed by atoms with van der Waals surface area (Å²) in [6, 6.07) is 2.74. The molecule has 2 rings (SSSR count). The maximum Gasteiger partial charge on any atom is 0.227 e. The van der Waals surface area contributed by atoms with Crippen molar-refractivity contribution >= 4 is 11.0 Å². The van der Waals surface area contributed by atoms with E-state index in [1.807, 2.05) is 0 Å². The third-order valence-corrected chi connectivity index (χ3v) is 1.59. The van der Waals surface area contributed by atoms with Crippen LogP contribution in [0.2, 0.25) is 0 Å². The molecule has 2 aromatic rings. The second-order valence-corrected chi connectivity index (χ2v) is 2.25. The molecule has 0 bridgehead atoms. The van der Waals surface area contributed by atoms with Crippen LogP contribution < -0.4 is 0 Å². The lowest BCUT2D eigenvalue weighted by molar-refractivity contribution is 0.167. The monoisotopic (exact) mass is 154 g/mol. The zero-order valence-corrected chi connectivity index (χ0v) is 5.47. The van der Waals surface area contributed by atoms with Crippen LogP contribution in [-0.4, -0.2) is 25.0 Å². The van der Waals surface area contributed by atoms with E-state index in [1.165, 1.54) is 18.3 Å². The highest BCUT2D eigenvalue weighted by Crippen LogP contribution is 2.22. The molecule has 11 heavy (non-hydrogen) atoms. The molecule has 2 heterocycles. The van der Waals surface area contributed by atoms with Crippen LogP contribution in [0.5, 0.6) is 5.88 Å². The van der Waals surface area contributed by atoms with Gasteiger partial charge in [0.25, 0.3) is 0 Å². The quantitative estimate of drug-likeness (QED) is 0.487. The standard InChI is InChI=1S/C6H6N2O3/c9-6-3-5-4(8(6)11)1-2-7(5)10/h1-3,9-11H. The van der Waals surface area contributed by atoms with E-state index in [0.717, 1.165) is 4.73 Å².